The minimum absolute atomic E-state index is 0.0881. The second kappa shape index (κ2) is 7.14. The van der Waals surface area contributed by atoms with E-state index < -0.39 is 9.84 Å². The number of amides is 1. The lowest BCUT2D eigenvalue weighted by Gasteiger charge is -2.29. The number of hydrogen-bond donors (Lipinski definition) is 1. The molecule has 1 saturated carbocycles. The summed E-state index contributed by atoms with van der Waals surface area (Å²) in [6.45, 7) is 2.72. The predicted molar refractivity (Wildman–Crippen MR) is 96.8 cm³/mol. The average Bonchev–Trinajstić information content (AvgIpc) is 2.96. The summed E-state index contributed by atoms with van der Waals surface area (Å²) >= 11 is 1.65. The van der Waals surface area contributed by atoms with E-state index in [-0.39, 0.29) is 11.7 Å². The first-order valence-corrected chi connectivity index (χ1v) is 11.6. The number of hydrogen-bond acceptors (Lipinski definition) is 5. The Morgan fingerprint density at radius 3 is 2.79 bits per heavy atom. The van der Waals surface area contributed by atoms with Crippen molar-refractivity contribution in [3.63, 3.8) is 0 Å². The molecule has 7 heteroatoms. The van der Waals surface area contributed by atoms with E-state index in [1.165, 1.54) is 11.8 Å². The van der Waals surface area contributed by atoms with Crippen LogP contribution >= 0.6 is 11.3 Å². The molecule has 0 radical (unpaired) electrons. The molecule has 0 bridgehead atoms. The van der Waals surface area contributed by atoms with Gasteiger partial charge < -0.3 is 10.2 Å². The van der Waals surface area contributed by atoms with Crippen LogP contribution in [-0.2, 0) is 21.2 Å². The molecule has 1 saturated heterocycles. The topological polar surface area (TPSA) is 66.5 Å². The van der Waals surface area contributed by atoms with Gasteiger partial charge in [-0.15, -0.1) is 0 Å². The summed E-state index contributed by atoms with van der Waals surface area (Å²) in [6, 6.07) is 2.39. The highest BCUT2D eigenvalue weighted by Gasteiger charge is 2.57. The number of carbonyl (C=O) groups is 1. The maximum Gasteiger partial charge on any atom is 0.223 e. The van der Waals surface area contributed by atoms with E-state index in [4.69, 9.17) is 0 Å². The van der Waals surface area contributed by atoms with Gasteiger partial charge in [0.15, 0.2) is 0 Å². The summed E-state index contributed by atoms with van der Waals surface area (Å²) in [7, 11) is -3.00. The Morgan fingerprint density at radius 2 is 2.17 bits per heavy atom. The van der Waals surface area contributed by atoms with Crippen LogP contribution in [0.4, 0.5) is 0 Å². The summed E-state index contributed by atoms with van der Waals surface area (Å²) in [4.78, 5) is 14.8. The molecule has 1 atom stereocenters. The highest BCUT2D eigenvalue weighted by atomic mass is 32.2. The SMILES string of the molecule is CS(=O)(=O)CCCC(=O)N(Cc1ccsc1)C1CC12CCNCC2. The van der Waals surface area contributed by atoms with Gasteiger partial charge in [-0.3, -0.25) is 4.79 Å². The zero-order valence-corrected chi connectivity index (χ0v) is 15.8. The molecule has 1 spiro atoms. The minimum Gasteiger partial charge on any atom is -0.335 e. The van der Waals surface area contributed by atoms with Gasteiger partial charge in [0.25, 0.3) is 0 Å². The number of piperidine rings is 1. The van der Waals surface area contributed by atoms with Crippen molar-refractivity contribution in [3.05, 3.63) is 22.4 Å². The first-order valence-electron chi connectivity index (χ1n) is 8.59. The van der Waals surface area contributed by atoms with Crippen LogP contribution in [0.25, 0.3) is 0 Å². The van der Waals surface area contributed by atoms with Crippen molar-refractivity contribution in [2.24, 2.45) is 5.41 Å². The van der Waals surface area contributed by atoms with Crippen molar-refractivity contribution in [1.29, 1.82) is 0 Å². The average molecular weight is 371 g/mol. The zero-order chi connectivity index (χ0) is 17.2. The second-order valence-corrected chi connectivity index (χ2v) is 10.3. The number of nitrogens with one attached hydrogen (secondary N) is 1. The van der Waals surface area contributed by atoms with Crippen LogP contribution < -0.4 is 5.32 Å². The van der Waals surface area contributed by atoms with Gasteiger partial charge in [0, 0.05) is 25.3 Å². The Labute approximate surface area is 148 Å². The molecule has 5 nitrogen and oxygen atoms in total. The van der Waals surface area contributed by atoms with Crippen molar-refractivity contribution >= 4 is 27.1 Å². The van der Waals surface area contributed by atoms with Crippen LogP contribution in [0.1, 0.15) is 37.7 Å². The van der Waals surface area contributed by atoms with Crippen LogP contribution in [0.2, 0.25) is 0 Å². The molecule has 24 heavy (non-hydrogen) atoms. The third kappa shape index (κ3) is 4.37. The van der Waals surface area contributed by atoms with E-state index in [1.807, 2.05) is 10.3 Å². The van der Waals surface area contributed by atoms with Gasteiger partial charge in [0.2, 0.25) is 5.91 Å². The molecule has 2 fully saturated rings. The highest BCUT2D eigenvalue weighted by molar-refractivity contribution is 7.90. The fraction of sp³-hybridized carbons (Fsp3) is 0.706. The standard InChI is InChI=1S/C17H26N2O3S2/c1-24(21,22)10-2-3-16(20)19(12-14-4-9-23-13-14)15-11-17(15)5-7-18-8-6-17/h4,9,13,15,18H,2-3,5-8,10-12H2,1H3. The van der Waals surface area contributed by atoms with Crippen LogP contribution in [-0.4, -0.2) is 50.4 Å². The van der Waals surface area contributed by atoms with Gasteiger partial charge in [0.1, 0.15) is 9.84 Å². The van der Waals surface area contributed by atoms with Gasteiger partial charge in [-0.1, -0.05) is 0 Å². The Morgan fingerprint density at radius 1 is 1.42 bits per heavy atom. The van der Waals surface area contributed by atoms with E-state index in [0.29, 0.717) is 30.8 Å². The fourth-order valence-electron chi connectivity index (χ4n) is 3.81. The molecule has 1 N–H and O–H groups in total. The summed E-state index contributed by atoms with van der Waals surface area (Å²) < 4.78 is 22.6. The summed E-state index contributed by atoms with van der Waals surface area (Å²) in [5.41, 5.74) is 1.47. The normalized spacial score (nSPS) is 22.5. The first-order chi connectivity index (χ1) is 11.4. The van der Waals surface area contributed by atoms with E-state index in [9.17, 15) is 13.2 Å². The summed E-state index contributed by atoms with van der Waals surface area (Å²) in [6.07, 6.45) is 5.33. The lowest BCUT2D eigenvalue weighted by atomic mass is 9.93. The van der Waals surface area contributed by atoms with Crippen LogP contribution in [0, 0.1) is 5.41 Å². The molecule has 0 aromatic carbocycles. The third-order valence-electron chi connectivity index (χ3n) is 5.28. The van der Waals surface area contributed by atoms with Gasteiger partial charge in [-0.2, -0.15) is 11.3 Å². The van der Waals surface area contributed by atoms with Gasteiger partial charge >= 0.3 is 0 Å². The molecule has 1 aliphatic carbocycles. The number of sulfone groups is 1. The summed E-state index contributed by atoms with van der Waals surface area (Å²) in [5.74, 6) is 0.190. The highest BCUT2D eigenvalue weighted by Crippen LogP contribution is 2.56. The van der Waals surface area contributed by atoms with E-state index >= 15 is 0 Å². The van der Waals surface area contributed by atoms with E-state index in [0.717, 1.165) is 32.4 Å². The monoisotopic (exact) mass is 370 g/mol. The van der Waals surface area contributed by atoms with Crippen molar-refractivity contribution in [1.82, 2.24) is 10.2 Å². The zero-order valence-electron chi connectivity index (χ0n) is 14.2. The maximum absolute atomic E-state index is 12.8. The molecule has 1 aliphatic heterocycles. The number of thiophene rings is 1. The van der Waals surface area contributed by atoms with Gasteiger partial charge in [-0.05, 0) is 66.6 Å². The van der Waals surface area contributed by atoms with Crippen LogP contribution in [0.5, 0.6) is 0 Å². The van der Waals surface area contributed by atoms with Crippen molar-refractivity contribution < 1.29 is 13.2 Å². The Balaban J connectivity index is 1.65. The van der Waals surface area contributed by atoms with E-state index in [1.54, 1.807) is 11.3 Å². The Bertz CT molecular complexity index is 664. The van der Waals surface area contributed by atoms with Gasteiger partial charge in [0.05, 0.1) is 5.75 Å². The number of nitrogens with zero attached hydrogens (tertiary/aromatic N) is 1. The third-order valence-corrected chi connectivity index (χ3v) is 7.04. The lowest BCUT2D eigenvalue weighted by Crippen LogP contribution is -2.39. The molecule has 1 amide bonds. The Hall–Kier alpha value is -0.920. The van der Waals surface area contributed by atoms with Crippen molar-refractivity contribution in [3.8, 4) is 0 Å². The second-order valence-electron chi connectivity index (χ2n) is 7.22. The van der Waals surface area contributed by atoms with Crippen molar-refractivity contribution in [2.45, 2.75) is 44.7 Å². The van der Waals surface area contributed by atoms with E-state index in [2.05, 4.69) is 16.8 Å². The van der Waals surface area contributed by atoms with Crippen LogP contribution in [0.3, 0.4) is 0 Å². The molecule has 2 aliphatic rings. The molecule has 1 unspecified atom stereocenters. The summed E-state index contributed by atoms with van der Waals surface area (Å²) in [5, 5.41) is 7.53. The Kier molecular flexibility index (Phi) is 5.32. The quantitative estimate of drug-likeness (QED) is 0.798. The predicted octanol–water partition coefficient (Wildman–Crippen LogP) is 2.04. The molecule has 1 aromatic rings. The molecule has 134 valence electrons. The van der Waals surface area contributed by atoms with Crippen LogP contribution in [0.15, 0.2) is 16.8 Å². The molecular formula is C17H26N2O3S2. The molecule has 3 rings (SSSR count). The maximum atomic E-state index is 12.8. The van der Waals surface area contributed by atoms with Gasteiger partial charge in [-0.25, -0.2) is 8.42 Å². The number of rotatable bonds is 7. The number of carbonyl (C=O) groups excluding carboxylic acids is 1. The lowest BCUT2D eigenvalue weighted by molar-refractivity contribution is -0.133. The smallest absolute Gasteiger partial charge is 0.223 e. The first kappa shape index (κ1) is 17.9. The molecular weight excluding hydrogens is 344 g/mol. The molecule has 2 heterocycles. The molecule has 1 aromatic heterocycles. The largest absolute Gasteiger partial charge is 0.335 e. The fourth-order valence-corrected chi connectivity index (χ4v) is 5.14. The minimum atomic E-state index is -3.00. The van der Waals surface area contributed by atoms with Crippen molar-refractivity contribution in [2.75, 3.05) is 25.1 Å².